The molecule has 0 radical (unpaired) electrons. The molecule has 1 N–H and O–H groups in total. The van der Waals surface area contributed by atoms with Gasteiger partial charge in [-0.15, -0.1) is 0 Å². The van der Waals surface area contributed by atoms with E-state index in [0.29, 0.717) is 12.5 Å². The Morgan fingerprint density at radius 3 is 2.50 bits per heavy atom. The minimum atomic E-state index is -0.962. The van der Waals surface area contributed by atoms with Crippen LogP contribution < -0.4 is 0 Å². The molecular formula is C13H24N2O3. The Morgan fingerprint density at radius 2 is 2.00 bits per heavy atom. The molecule has 1 aliphatic carbocycles. The van der Waals surface area contributed by atoms with Crippen LogP contribution in [0.5, 0.6) is 0 Å². The molecule has 0 aromatic heterocycles. The van der Waals surface area contributed by atoms with Crippen molar-refractivity contribution in [2.75, 3.05) is 20.1 Å². The molecule has 0 saturated heterocycles. The molecule has 5 nitrogen and oxygen atoms in total. The molecule has 5 heteroatoms. The van der Waals surface area contributed by atoms with Crippen molar-refractivity contribution in [3.63, 3.8) is 0 Å². The zero-order valence-electron chi connectivity index (χ0n) is 11.6. The molecule has 0 spiro atoms. The molecule has 2 atom stereocenters. The predicted octanol–water partition coefficient (Wildman–Crippen LogP) is 2.02. The first kappa shape index (κ1) is 14.8. The van der Waals surface area contributed by atoms with Gasteiger partial charge in [-0.3, -0.25) is 4.79 Å². The summed E-state index contributed by atoms with van der Waals surface area (Å²) in [6, 6.07) is 0.0862. The average Bonchev–Trinajstić information content (AvgIpc) is 2.34. The SMILES string of the molecule is CCN(CC(=O)O)C(=O)N(C)C1CCCC(C)C1. The first-order valence-electron chi connectivity index (χ1n) is 6.69. The zero-order valence-corrected chi connectivity index (χ0v) is 11.6. The molecule has 0 aliphatic heterocycles. The fourth-order valence-corrected chi connectivity index (χ4v) is 2.61. The van der Waals surface area contributed by atoms with Crippen LogP contribution in [0.2, 0.25) is 0 Å². The topological polar surface area (TPSA) is 60.9 Å². The molecule has 0 heterocycles. The van der Waals surface area contributed by atoms with Crippen LogP contribution in [0, 0.1) is 5.92 Å². The number of amides is 2. The van der Waals surface area contributed by atoms with E-state index in [1.54, 1.807) is 18.9 Å². The molecule has 0 aromatic carbocycles. The molecule has 104 valence electrons. The molecule has 0 bridgehead atoms. The number of hydrogen-bond donors (Lipinski definition) is 1. The number of carboxylic acids is 1. The van der Waals surface area contributed by atoms with Crippen LogP contribution in [0.1, 0.15) is 39.5 Å². The van der Waals surface area contributed by atoms with Crippen LogP contribution in [0.25, 0.3) is 0 Å². The highest BCUT2D eigenvalue weighted by Gasteiger charge is 2.28. The molecule has 1 saturated carbocycles. The molecule has 18 heavy (non-hydrogen) atoms. The largest absolute Gasteiger partial charge is 0.480 e. The second kappa shape index (κ2) is 6.61. The van der Waals surface area contributed by atoms with E-state index >= 15 is 0 Å². The van der Waals surface area contributed by atoms with Gasteiger partial charge in [0.25, 0.3) is 0 Å². The van der Waals surface area contributed by atoms with E-state index in [2.05, 4.69) is 6.92 Å². The summed E-state index contributed by atoms with van der Waals surface area (Å²) < 4.78 is 0. The van der Waals surface area contributed by atoms with Gasteiger partial charge in [0.2, 0.25) is 0 Å². The Morgan fingerprint density at radius 1 is 1.33 bits per heavy atom. The number of hydrogen-bond acceptors (Lipinski definition) is 2. The van der Waals surface area contributed by atoms with Gasteiger partial charge in [-0.2, -0.15) is 0 Å². The Kier molecular flexibility index (Phi) is 5.44. The van der Waals surface area contributed by atoms with Crippen LogP contribution >= 0.6 is 0 Å². The lowest BCUT2D eigenvalue weighted by atomic mass is 9.86. The van der Waals surface area contributed by atoms with Gasteiger partial charge in [0.15, 0.2) is 0 Å². The van der Waals surface area contributed by atoms with Crippen LogP contribution in [-0.2, 0) is 4.79 Å². The van der Waals surface area contributed by atoms with Gasteiger partial charge in [0, 0.05) is 19.6 Å². The average molecular weight is 256 g/mol. The summed E-state index contributed by atoms with van der Waals surface area (Å²) >= 11 is 0. The molecule has 0 aromatic rings. The Hall–Kier alpha value is -1.26. The van der Waals surface area contributed by atoms with Crippen molar-refractivity contribution < 1.29 is 14.7 Å². The standard InChI is InChI=1S/C13H24N2O3/c1-4-15(9-12(16)17)13(18)14(3)11-7-5-6-10(2)8-11/h10-11H,4-9H2,1-3H3,(H,16,17). The zero-order chi connectivity index (χ0) is 13.7. The summed E-state index contributed by atoms with van der Waals surface area (Å²) in [7, 11) is 1.79. The lowest BCUT2D eigenvalue weighted by Crippen LogP contribution is -2.48. The van der Waals surface area contributed by atoms with Gasteiger partial charge in [0.1, 0.15) is 6.54 Å². The van der Waals surface area contributed by atoms with Crippen molar-refractivity contribution in [2.45, 2.75) is 45.6 Å². The first-order chi connectivity index (χ1) is 8.45. The van der Waals surface area contributed by atoms with Gasteiger partial charge >= 0.3 is 12.0 Å². The molecular weight excluding hydrogens is 232 g/mol. The lowest BCUT2D eigenvalue weighted by Gasteiger charge is -2.36. The molecule has 1 fully saturated rings. The minimum absolute atomic E-state index is 0.168. The van der Waals surface area contributed by atoms with E-state index in [9.17, 15) is 9.59 Å². The van der Waals surface area contributed by atoms with Crippen molar-refractivity contribution in [1.29, 1.82) is 0 Å². The van der Waals surface area contributed by atoms with E-state index < -0.39 is 5.97 Å². The number of carbonyl (C=O) groups is 2. The molecule has 1 aliphatic rings. The Bertz CT molecular complexity index is 307. The lowest BCUT2D eigenvalue weighted by molar-refractivity contribution is -0.137. The van der Waals surface area contributed by atoms with Gasteiger partial charge in [0.05, 0.1) is 0 Å². The number of rotatable bonds is 4. The number of urea groups is 1. The van der Waals surface area contributed by atoms with Crippen molar-refractivity contribution in [3.05, 3.63) is 0 Å². The summed E-state index contributed by atoms with van der Waals surface area (Å²) in [5.41, 5.74) is 0. The van der Waals surface area contributed by atoms with E-state index in [4.69, 9.17) is 5.11 Å². The predicted molar refractivity (Wildman–Crippen MR) is 69.5 cm³/mol. The third kappa shape index (κ3) is 3.89. The van der Waals surface area contributed by atoms with Gasteiger partial charge in [-0.1, -0.05) is 19.8 Å². The molecule has 2 unspecified atom stereocenters. The Labute approximate surface area is 109 Å². The minimum Gasteiger partial charge on any atom is -0.480 e. The normalized spacial score (nSPS) is 23.5. The summed E-state index contributed by atoms with van der Waals surface area (Å²) in [6.45, 7) is 4.22. The summed E-state index contributed by atoms with van der Waals surface area (Å²) in [5.74, 6) is -0.316. The highest BCUT2D eigenvalue weighted by Crippen LogP contribution is 2.27. The highest BCUT2D eigenvalue weighted by molar-refractivity contribution is 5.80. The quantitative estimate of drug-likeness (QED) is 0.837. The van der Waals surface area contributed by atoms with Crippen LogP contribution in [0.4, 0.5) is 4.79 Å². The maximum absolute atomic E-state index is 12.2. The summed E-state index contributed by atoms with van der Waals surface area (Å²) in [6.07, 6.45) is 4.42. The summed E-state index contributed by atoms with van der Waals surface area (Å²) in [4.78, 5) is 26.0. The second-order valence-corrected chi connectivity index (χ2v) is 5.23. The number of likely N-dealkylation sites (N-methyl/N-ethyl adjacent to an activating group) is 1. The van der Waals surface area contributed by atoms with Crippen LogP contribution in [0.15, 0.2) is 0 Å². The third-order valence-electron chi connectivity index (χ3n) is 3.74. The number of carbonyl (C=O) groups excluding carboxylic acids is 1. The highest BCUT2D eigenvalue weighted by atomic mass is 16.4. The fourth-order valence-electron chi connectivity index (χ4n) is 2.61. The van der Waals surface area contributed by atoms with Crippen molar-refractivity contribution in [2.24, 2.45) is 5.92 Å². The van der Waals surface area contributed by atoms with Gasteiger partial charge in [-0.25, -0.2) is 4.79 Å². The smallest absolute Gasteiger partial charge is 0.323 e. The maximum Gasteiger partial charge on any atom is 0.323 e. The third-order valence-corrected chi connectivity index (χ3v) is 3.74. The van der Waals surface area contributed by atoms with E-state index in [0.717, 1.165) is 19.3 Å². The maximum atomic E-state index is 12.2. The van der Waals surface area contributed by atoms with Gasteiger partial charge in [-0.05, 0) is 25.7 Å². The summed E-state index contributed by atoms with van der Waals surface area (Å²) in [5, 5.41) is 8.79. The Balaban J connectivity index is 2.60. The number of carboxylic acid groups (broad SMARTS) is 1. The molecule has 1 rings (SSSR count). The fraction of sp³-hybridized carbons (Fsp3) is 0.846. The monoisotopic (exact) mass is 256 g/mol. The van der Waals surface area contributed by atoms with Crippen molar-refractivity contribution in [1.82, 2.24) is 9.80 Å². The van der Waals surface area contributed by atoms with Crippen LogP contribution in [-0.4, -0.2) is 53.1 Å². The second-order valence-electron chi connectivity index (χ2n) is 5.23. The van der Waals surface area contributed by atoms with E-state index in [1.807, 2.05) is 0 Å². The number of aliphatic carboxylic acids is 1. The van der Waals surface area contributed by atoms with Crippen LogP contribution in [0.3, 0.4) is 0 Å². The van der Waals surface area contributed by atoms with E-state index in [-0.39, 0.29) is 18.6 Å². The van der Waals surface area contributed by atoms with E-state index in [1.165, 1.54) is 11.3 Å². The molecule has 2 amide bonds. The van der Waals surface area contributed by atoms with Crippen molar-refractivity contribution >= 4 is 12.0 Å². The van der Waals surface area contributed by atoms with Gasteiger partial charge < -0.3 is 14.9 Å². The number of nitrogens with zero attached hydrogens (tertiary/aromatic N) is 2. The first-order valence-corrected chi connectivity index (χ1v) is 6.69. The van der Waals surface area contributed by atoms with Crippen molar-refractivity contribution in [3.8, 4) is 0 Å².